The molecule has 0 aromatic rings. The maximum atomic E-state index is 3.30. The maximum absolute atomic E-state index is 3.30. The molecule has 0 aromatic heterocycles. The Kier molecular flexibility index (Phi) is 1.76. The fraction of sp³-hybridized carbons (Fsp3) is 0.778. The van der Waals surface area contributed by atoms with Crippen LogP contribution in [0.25, 0.3) is 0 Å². The van der Waals surface area contributed by atoms with Crippen LogP contribution in [0.1, 0.15) is 32.1 Å². The lowest BCUT2D eigenvalue weighted by Crippen LogP contribution is -2.35. The van der Waals surface area contributed by atoms with Crippen molar-refractivity contribution in [2.75, 3.05) is 13.1 Å². The monoisotopic (exact) mass is 137 g/mol. The molecule has 0 atom stereocenters. The average molecular weight is 137 g/mol. The Hall–Kier alpha value is -0.300. The van der Waals surface area contributed by atoms with E-state index in [1.165, 1.54) is 45.2 Å². The van der Waals surface area contributed by atoms with Crippen molar-refractivity contribution in [3.8, 4) is 0 Å². The fourth-order valence-corrected chi connectivity index (χ4v) is 1.83. The summed E-state index contributed by atoms with van der Waals surface area (Å²) >= 11 is 0. The number of allylic oxidation sites excluding steroid dienone is 1. The summed E-state index contributed by atoms with van der Waals surface area (Å²) in [6, 6.07) is 0. The van der Waals surface area contributed by atoms with E-state index < -0.39 is 0 Å². The Morgan fingerprint density at radius 2 is 1.50 bits per heavy atom. The minimum absolute atomic E-state index is 1.19. The van der Waals surface area contributed by atoms with Gasteiger partial charge in [0.05, 0.1) is 0 Å². The third kappa shape index (κ3) is 1.10. The van der Waals surface area contributed by atoms with Gasteiger partial charge in [-0.3, -0.25) is 0 Å². The van der Waals surface area contributed by atoms with Gasteiger partial charge in [0.25, 0.3) is 0 Å². The molecule has 1 heteroatoms. The molecule has 1 saturated carbocycles. The first-order chi connectivity index (χ1) is 4.97. The molecule has 1 aliphatic heterocycles. The van der Waals surface area contributed by atoms with Gasteiger partial charge in [-0.1, -0.05) is 12.0 Å². The molecule has 2 aliphatic rings. The standard InChI is InChI=1S/C9H15N/c1-2-4-8(5-3-1)9-6-10-7-9/h10H,1-7H2. The average Bonchev–Trinajstić information content (AvgIpc) is 1.86. The molecule has 0 unspecified atom stereocenters. The summed E-state index contributed by atoms with van der Waals surface area (Å²) in [4.78, 5) is 0. The van der Waals surface area contributed by atoms with Crippen LogP contribution in [0.2, 0.25) is 0 Å². The first-order valence-electron chi connectivity index (χ1n) is 4.37. The lowest BCUT2D eigenvalue weighted by atomic mass is 9.89. The first kappa shape index (κ1) is 6.41. The van der Waals surface area contributed by atoms with E-state index in [2.05, 4.69) is 5.32 Å². The van der Waals surface area contributed by atoms with Crippen molar-refractivity contribution >= 4 is 0 Å². The zero-order valence-corrected chi connectivity index (χ0v) is 6.45. The smallest absolute Gasteiger partial charge is 0.0183 e. The van der Waals surface area contributed by atoms with Crippen LogP contribution in [0.3, 0.4) is 0 Å². The molecular weight excluding hydrogens is 122 g/mol. The van der Waals surface area contributed by atoms with Gasteiger partial charge >= 0.3 is 0 Å². The van der Waals surface area contributed by atoms with Gasteiger partial charge in [0, 0.05) is 13.1 Å². The van der Waals surface area contributed by atoms with Crippen LogP contribution in [-0.4, -0.2) is 13.1 Å². The van der Waals surface area contributed by atoms with Crippen molar-refractivity contribution in [2.45, 2.75) is 32.1 Å². The summed E-state index contributed by atoms with van der Waals surface area (Å²) < 4.78 is 0. The highest BCUT2D eigenvalue weighted by Gasteiger charge is 2.15. The van der Waals surface area contributed by atoms with Crippen LogP contribution in [0.5, 0.6) is 0 Å². The van der Waals surface area contributed by atoms with Crippen molar-refractivity contribution in [3.05, 3.63) is 11.1 Å². The van der Waals surface area contributed by atoms with Gasteiger partial charge in [-0.05, 0) is 31.3 Å². The normalized spacial score (nSPS) is 26.4. The van der Waals surface area contributed by atoms with E-state index in [1.54, 1.807) is 11.1 Å². The third-order valence-electron chi connectivity index (χ3n) is 2.63. The molecule has 1 N–H and O–H groups in total. The van der Waals surface area contributed by atoms with Gasteiger partial charge in [0.1, 0.15) is 0 Å². The molecule has 0 amide bonds. The van der Waals surface area contributed by atoms with Gasteiger partial charge in [-0.2, -0.15) is 0 Å². The number of nitrogens with one attached hydrogen (secondary N) is 1. The SMILES string of the molecule is C1CCC(=C2CNC2)CC1. The molecule has 1 heterocycles. The molecule has 2 fully saturated rings. The number of rotatable bonds is 0. The molecule has 56 valence electrons. The summed E-state index contributed by atoms with van der Waals surface area (Å²) in [6.45, 7) is 2.38. The van der Waals surface area contributed by atoms with Crippen LogP contribution in [0.15, 0.2) is 11.1 Å². The second-order valence-corrected chi connectivity index (χ2v) is 3.37. The van der Waals surface area contributed by atoms with E-state index in [1.807, 2.05) is 0 Å². The predicted octanol–water partition coefficient (Wildman–Crippen LogP) is 1.85. The van der Waals surface area contributed by atoms with Gasteiger partial charge in [-0.15, -0.1) is 0 Å². The van der Waals surface area contributed by atoms with Crippen molar-refractivity contribution in [1.82, 2.24) is 5.32 Å². The van der Waals surface area contributed by atoms with Crippen LogP contribution in [-0.2, 0) is 0 Å². The highest BCUT2D eigenvalue weighted by Crippen LogP contribution is 2.26. The molecule has 0 spiro atoms. The van der Waals surface area contributed by atoms with Crippen molar-refractivity contribution in [1.29, 1.82) is 0 Å². The van der Waals surface area contributed by atoms with Gasteiger partial charge in [0.2, 0.25) is 0 Å². The zero-order valence-electron chi connectivity index (χ0n) is 6.45. The third-order valence-corrected chi connectivity index (χ3v) is 2.63. The molecular formula is C9H15N. The summed E-state index contributed by atoms with van der Waals surface area (Å²) in [7, 11) is 0. The van der Waals surface area contributed by atoms with E-state index in [-0.39, 0.29) is 0 Å². The number of hydrogen-bond acceptors (Lipinski definition) is 1. The second-order valence-electron chi connectivity index (χ2n) is 3.37. The largest absolute Gasteiger partial charge is 0.309 e. The van der Waals surface area contributed by atoms with Crippen molar-refractivity contribution in [2.24, 2.45) is 0 Å². The number of hydrogen-bond donors (Lipinski definition) is 1. The topological polar surface area (TPSA) is 12.0 Å². The van der Waals surface area contributed by atoms with E-state index in [4.69, 9.17) is 0 Å². The van der Waals surface area contributed by atoms with E-state index in [9.17, 15) is 0 Å². The highest BCUT2D eigenvalue weighted by atomic mass is 14.9. The quantitative estimate of drug-likeness (QED) is 0.502. The molecule has 1 nitrogen and oxygen atoms in total. The Morgan fingerprint density at radius 1 is 0.800 bits per heavy atom. The van der Waals surface area contributed by atoms with Gasteiger partial charge in [-0.25, -0.2) is 0 Å². The van der Waals surface area contributed by atoms with Crippen molar-refractivity contribution < 1.29 is 0 Å². The Balaban J connectivity index is 2.00. The molecule has 10 heavy (non-hydrogen) atoms. The summed E-state index contributed by atoms with van der Waals surface area (Å²) in [6.07, 6.45) is 7.15. The summed E-state index contributed by atoms with van der Waals surface area (Å²) in [5.74, 6) is 0. The highest BCUT2D eigenvalue weighted by molar-refractivity contribution is 5.23. The summed E-state index contributed by atoms with van der Waals surface area (Å²) in [5.41, 5.74) is 3.50. The Labute approximate surface area is 62.5 Å². The van der Waals surface area contributed by atoms with Gasteiger partial charge in [0.15, 0.2) is 0 Å². The molecule has 0 aromatic carbocycles. The molecule has 1 saturated heterocycles. The Morgan fingerprint density at radius 3 is 2.00 bits per heavy atom. The zero-order chi connectivity index (χ0) is 6.81. The molecule has 1 aliphatic carbocycles. The van der Waals surface area contributed by atoms with E-state index >= 15 is 0 Å². The van der Waals surface area contributed by atoms with E-state index in [0.717, 1.165) is 0 Å². The Bertz CT molecular complexity index is 144. The van der Waals surface area contributed by atoms with Crippen LogP contribution < -0.4 is 5.32 Å². The minimum atomic E-state index is 1.19. The lowest BCUT2D eigenvalue weighted by molar-refractivity contribution is 0.562. The van der Waals surface area contributed by atoms with Crippen molar-refractivity contribution in [3.63, 3.8) is 0 Å². The van der Waals surface area contributed by atoms with Crippen LogP contribution >= 0.6 is 0 Å². The van der Waals surface area contributed by atoms with Crippen LogP contribution in [0, 0.1) is 0 Å². The predicted molar refractivity (Wildman–Crippen MR) is 43.0 cm³/mol. The van der Waals surface area contributed by atoms with E-state index in [0.29, 0.717) is 0 Å². The molecule has 0 radical (unpaired) electrons. The lowest BCUT2D eigenvalue weighted by Gasteiger charge is -2.26. The van der Waals surface area contributed by atoms with Gasteiger partial charge < -0.3 is 5.32 Å². The fourth-order valence-electron chi connectivity index (χ4n) is 1.83. The van der Waals surface area contributed by atoms with Crippen LogP contribution in [0.4, 0.5) is 0 Å². The minimum Gasteiger partial charge on any atom is -0.309 e. The molecule has 2 rings (SSSR count). The maximum Gasteiger partial charge on any atom is 0.0183 e. The first-order valence-corrected chi connectivity index (χ1v) is 4.37. The molecule has 0 bridgehead atoms. The summed E-state index contributed by atoms with van der Waals surface area (Å²) in [5, 5.41) is 3.30. The second kappa shape index (κ2) is 2.75.